The average molecular weight is 473 g/mol. The molecule has 1 aromatic heterocycles. The molecule has 4 nitrogen and oxygen atoms in total. The smallest absolute Gasteiger partial charge is 0.191 e. The van der Waals surface area contributed by atoms with E-state index in [4.69, 9.17) is 4.74 Å². The summed E-state index contributed by atoms with van der Waals surface area (Å²) in [5, 5.41) is 8.90. The van der Waals surface area contributed by atoms with Gasteiger partial charge in [-0.15, -0.1) is 35.3 Å². The average Bonchev–Trinajstić information content (AvgIpc) is 3.13. The van der Waals surface area contributed by atoms with Crippen LogP contribution in [0, 0.1) is 0 Å². The summed E-state index contributed by atoms with van der Waals surface area (Å²) in [6, 6.07) is 12.3. The molecule has 2 aromatic rings. The van der Waals surface area contributed by atoms with Crippen LogP contribution in [0.25, 0.3) is 0 Å². The molecule has 0 fully saturated rings. The second-order valence-corrected chi connectivity index (χ2v) is 7.21. The second-order valence-electron chi connectivity index (χ2n) is 6.26. The normalized spacial score (nSPS) is 11.6. The highest BCUT2D eigenvalue weighted by atomic mass is 127. The van der Waals surface area contributed by atoms with Crippen LogP contribution in [0.15, 0.2) is 46.8 Å². The van der Waals surface area contributed by atoms with Gasteiger partial charge in [0.1, 0.15) is 5.75 Å². The number of thiophene rings is 1. The molecule has 2 rings (SSSR count). The highest BCUT2D eigenvalue weighted by Gasteiger charge is 2.21. The summed E-state index contributed by atoms with van der Waals surface area (Å²) in [5.74, 6) is 1.71. The van der Waals surface area contributed by atoms with Crippen molar-refractivity contribution in [1.29, 1.82) is 0 Å². The minimum Gasteiger partial charge on any atom is -0.497 e. The number of rotatable bonds is 7. The predicted molar refractivity (Wildman–Crippen MR) is 119 cm³/mol. The molecule has 1 aromatic carbocycles. The molecule has 6 heteroatoms. The van der Waals surface area contributed by atoms with Crippen LogP contribution < -0.4 is 15.4 Å². The van der Waals surface area contributed by atoms with E-state index < -0.39 is 0 Å². The van der Waals surface area contributed by atoms with E-state index in [0.717, 1.165) is 30.4 Å². The van der Waals surface area contributed by atoms with E-state index in [9.17, 15) is 0 Å². The van der Waals surface area contributed by atoms with Crippen LogP contribution in [0.5, 0.6) is 5.75 Å². The van der Waals surface area contributed by atoms with Gasteiger partial charge in [0.25, 0.3) is 0 Å². The maximum atomic E-state index is 5.19. The first-order chi connectivity index (χ1) is 11.5. The first-order valence-corrected chi connectivity index (χ1v) is 9.12. The lowest BCUT2D eigenvalue weighted by atomic mass is 9.91. The van der Waals surface area contributed by atoms with Crippen molar-refractivity contribution in [3.05, 3.63) is 52.2 Å². The van der Waals surface area contributed by atoms with Crippen LogP contribution >= 0.6 is 35.3 Å². The Morgan fingerprint density at radius 2 is 1.88 bits per heavy atom. The molecule has 0 spiro atoms. The summed E-state index contributed by atoms with van der Waals surface area (Å²) < 4.78 is 5.19. The summed E-state index contributed by atoms with van der Waals surface area (Å²) in [7, 11) is 1.68. The molecule has 0 amide bonds. The highest BCUT2D eigenvalue weighted by molar-refractivity contribution is 14.0. The molecule has 0 bridgehead atoms. The van der Waals surface area contributed by atoms with Gasteiger partial charge in [-0.3, -0.25) is 0 Å². The summed E-state index contributed by atoms with van der Waals surface area (Å²) in [6.45, 7) is 8.89. The molecular formula is C19H28IN3OS. The SMILES string of the molecule is CCNC(=NCc1ccc(OC)cc1)NCC(C)(C)c1cccs1.I. The number of aliphatic imine (C=N–C) groups is 1. The van der Waals surface area contributed by atoms with Crippen molar-refractivity contribution in [3.8, 4) is 5.75 Å². The number of ether oxygens (including phenoxy) is 1. The fraction of sp³-hybridized carbons (Fsp3) is 0.421. The van der Waals surface area contributed by atoms with Gasteiger partial charge >= 0.3 is 0 Å². The van der Waals surface area contributed by atoms with E-state index in [1.807, 2.05) is 24.3 Å². The number of guanidine groups is 1. The van der Waals surface area contributed by atoms with Crippen LogP contribution in [0.1, 0.15) is 31.2 Å². The van der Waals surface area contributed by atoms with Gasteiger partial charge in [-0.1, -0.05) is 32.0 Å². The van der Waals surface area contributed by atoms with Crippen LogP contribution in [-0.4, -0.2) is 26.2 Å². The summed E-state index contributed by atoms with van der Waals surface area (Å²) in [4.78, 5) is 6.06. The largest absolute Gasteiger partial charge is 0.497 e. The quantitative estimate of drug-likeness (QED) is 0.356. The summed E-state index contributed by atoms with van der Waals surface area (Å²) in [5.41, 5.74) is 1.23. The molecule has 0 aliphatic heterocycles. The Balaban J connectivity index is 0.00000312. The molecule has 0 saturated heterocycles. The number of halogens is 1. The molecule has 1 heterocycles. The zero-order valence-corrected chi connectivity index (χ0v) is 18.5. The maximum Gasteiger partial charge on any atom is 0.191 e. The van der Waals surface area contributed by atoms with Crippen molar-refractivity contribution < 1.29 is 4.74 Å². The lowest BCUT2D eigenvalue weighted by Gasteiger charge is -2.25. The third-order valence-corrected chi connectivity index (χ3v) is 5.04. The number of hydrogen-bond donors (Lipinski definition) is 2. The third kappa shape index (κ3) is 6.86. The second kappa shape index (κ2) is 10.7. The van der Waals surface area contributed by atoms with Gasteiger partial charge in [0.2, 0.25) is 0 Å². The number of benzene rings is 1. The Labute approximate surface area is 172 Å². The fourth-order valence-electron chi connectivity index (χ4n) is 2.30. The summed E-state index contributed by atoms with van der Waals surface area (Å²) >= 11 is 1.80. The van der Waals surface area contributed by atoms with Gasteiger partial charge in [0, 0.05) is 23.4 Å². The molecule has 138 valence electrons. The van der Waals surface area contributed by atoms with Crippen molar-refractivity contribution in [2.24, 2.45) is 4.99 Å². The van der Waals surface area contributed by atoms with E-state index in [-0.39, 0.29) is 29.4 Å². The standard InChI is InChI=1S/C19H27N3OS.HI/c1-5-20-18(21-13-15-8-10-16(23-4)11-9-15)22-14-19(2,3)17-7-6-12-24-17;/h6-12H,5,13-14H2,1-4H3,(H2,20,21,22);1H. The maximum absolute atomic E-state index is 5.19. The predicted octanol–water partition coefficient (Wildman–Crippen LogP) is 4.41. The first-order valence-electron chi connectivity index (χ1n) is 8.24. The number of nitrogens with one attached hydrogen (secondary N) is 2. The summed E-state index contributed by atoms with van der Waals surface area (Å²) in [6.07, 6.45) is 0. The zero-order chi connectivity index (χ0) is 17.4. The lowest BCUT2D eigenvalue weighted by Crippen LogP contribution is -2.43. The molecule has 0 aliphatic rings. The Morgan fingerprint density at radius 1 is 1.16 bits per heavy atom. The van der Waals surface area contributed by atoms with Crippen molar-refractivity contribution in [2.45, 2.75) is 32.7 Å². The van der Waals surface area contributed by atoms with Crippen LogP contribution in [0.4, 0.5) is 0 Å². The van der Waals surface area contributed by atoms with Crippen molar-refractivity contribution >= 4 is 41.3 Å². The van der Waals surface area contributed by atoms with Gasteiger partial charge in [0.05, 0.1) is 13.7 Å². The topological polar surface area (TPSA) is 45.7 Å². The molecule has 0 saturated carbocycles. The molecular weight excluding hydrogens is 445 g/mol. The Kier molecular flexibility index (Phi) is 9.27. The Bertz CT molecular complexity index is 639. The molecule has 0 atom stereocenters. The van der Waals surface area contributed by atoms with E-state index in [0.29, 0.717) is 6.54 Å². The lowest BCUT2D eigenvalue weighted by molar-refractivity contribution is 0.414. The van der Waals surface area contributed by atoms with E-state index in [1.54, 1.807) is 18.4 Å². The first kappa shape index (κ1) is 21.8. The molecule has 0 unspecified atom stereocenters. The van der Waals surface area contributed by atoms with Crippen LogP contribution in [0.3, 0.4) is 0 Å². The number of hydrogen-bond acceptors (Lipinski definition) is 3. The van der Waals surface area contributed by atoms with E-state index in [1.165, 1.54) is 4.88 Å². The number of nitrogens with zero attached hydrogens (tertiary/aromatic N) is 1. The van der Waals surface area contributed by atoms with Gasteiger partial charge in [-0.25, -0.2) is 4.99 Å². The molecule has 25 heavy (non-hydrogen) atoms. The number of methoxy groups -OCH3 is 1. The highest BCUT2D eigenvalue weighted by Crippen LogP contribution is 2.26. The van der Waals surface area contributed by atoms with Crippen LogP contribution in [0.2, 0.25) is 0 Å². The molecule has 2 N–H and O–H groups in total. The van der Waals surface area contributed by atoms with Gasteiger partial charge in [-0.2, -0.15) is 0 Å². The van der Waals surface area contributed by atoms with E-state index >= 15 is 0 Å². The van der Waals surface area contributed by atoms with Crippen molar-refractivity contribution in [2.75, 3.05) is 20.2 Å². The molecule has 0 aliphatic carbocycles. The van der Waals surface area contributed by atoms with Crippen molar-refractivity contribution in [3.63, 3.8) is 0 Å². The third-order valence-electron chi connectivity index (χ3n) is 3.81. The molecule has 0 radical (unpaired) electrons. The van der Waals surface area contributed by atoms with Gasteiger partial charge < -0.3 is 15.4 Å². The van der Waals surface area contributed by atoms with Crippen LogP contribution in [-0.2, 0) is 12.0 Å². The Hall–Kier alpha value is -1.28. The minimum atomic E-state index is 0. The van der Waals surface area contributed by atoms with Gasteiger partial charge in [-0.05, 0) is 36.1 Å². The van der Waals surface area contributed by atoms with Crippen molar-refractivity contribution in [1.82, 2.24) is 10.6 Å². The fourth-order valence-corrected chi connectivity index (χ4v) is 3.15. The minimum absolute atomic E-state index is 0. The monoisotopic (exact) mass is 473 g/mol. The zero-order valence-electron chi connectivity index (χ0n) is 15.3. The van der Waals surface area contributed by atoms with E-state index in [2.05, 4.69) is 53.9 Å². The van der Waals surface area contributed by atoms with Gasteiger partial charge in [0.15, 0.2) is 5.96 Å². The Morgan fingerprint density at radius 3 is 2.44 bits per heavy atom.